The minimum atomic E-state index is -0.781. The number of nitrogens with zero attached hydrogens (tertiary/aromatic N) is 3. The van der Waals surface area contributed by atoms with E-state index in [0.717, 1.165) is 42.8 Å². The quantitative estimate of drug-likeness (QED) is 0.705. The van der Waals surface area contributed by atoms with Gasteiger partial charge in [0.25, 0.3) is 0 Å². The molecule has 2 aromatic heterocycles. The summed E-state index contributed by atoms with van der Waals surface area (Å²) in [7, 11) is 0. The molecule has 9 heteroatoms. The van der Waals surface area contributed by atoms with Crippen molar-refractivity contribution in [2.24, 2.45) is 5.92 Å². The Hall–Kier alpha value is -2.39. The van der Waals surface area contributed by atoms with E-state index in [1.807, 2.05) is 6.07 Å². The van der Waals surface area contributed by atoms with Gasteiger partial charge < -0.3 is 10.4 Å². The van der Waals surface area contributed by atoms with Crippen LogP contribution < -0.4 is 10.6 Å². The summed E-state index contributed by atoms with van der Waals surface area (Å²) in [6, 6.07) is 3.41. The largest absolute Gasteiger partial charge is 0.396 e. The van der Waals surface area contributed by atoms with Crippen LogP contribution in [-0.4, -0.2) is 43.9 Å². The maximum atomic E-state index is 12.1. The van der Waals surface area contributed by atoms with Crippen LogP contribution in [-0.2, 0) is 9.59 Å². The lowest BCUT2D eigenvalue weighted by atomic mass is 9.85. The van der Waals surface area contributed by atoms with Crippen molar-refractivity contribution in [3.05, 3.63) is 24.5 Å². The van der Waals surface area contributed by atoms with Gasteiger partial charge in [0.1, 0.15) is 0 Å². The van der Waals surface area contributed by atoms with Gasteiger partial charge in [0, 0.05) is 48.1 Å². The van der Waals surface area contributed by atoms with Gasteiger partial charge in [-0.3, -0.25) is 19.9 Å². The summed E-state index contributed by atoms with van der Waals surface area (Å²) in [6.45, 7) is 0.0113. The van der Waals surface area contributed by atoms with Crippen molar-refractivity contribution in [1.82, 2.24) is 19.7 Å². The van der Waals surface area contributed by atoms with Gasteiger partial charge in [-0.2, -0.15) is 9.36 Å². The number of nitrogens with one attached hydrogen (secondary N) is 2. The van der Waals surface area contributed by atoms with E-state index in [-0.39, 0.29) is 23.7 Å². The number of aromatic nitrogens is 3. The maximum absolute atomic E-state index is 12.1. The molecule has 2 heterocycles. The summed E-state index contributed by atoms with van der Waals surface area (Å²) in [5.41, 5.74) is 0.733. The summed E-state index contributed by atoms with van der Waals surface area (Å²) < 4.78 is 4.15. The zero-order valence-electron chi connectivity index (χ0n) is 13.5. The molecule has 2 amide bonds. The fourth-order valence-electron chi connectivity index (χ4n) is 2.89. The van der Waals surface area contributed by atoms with Crippen LogP contribution in [0.1, 0.15) is 25.7 Å². The fraction of sp³-hybridized carbons (Fsp3) is 0.438. The number of aliphatic hydroxyl groups excluding tert-OH is 1. The second-order valence-electron chi connectivity index (χ2n) is 5.93. The summed E-state index contributed by atoms with van der Waals surface area (Å²) >= 11 is 1.00. The lowest BCUT2D eigenvalue weighted by molar-refractivity contribution is -0.137. The fourth-order valence-corrected chi connectivity index (χ4v) is 3.48. The van der Waals surface area contributed by atoms with E-state index < -0.39 is 11.8 Å². The normalized spacial score (nSPS) is 20.0. The molecular formula is C16H19N5O3S. The van der Waals surface area contributed by atoms with Crippen LogP contribution >= 0.6 is 11.5 Å². The van der Waals surface area contributed by atoms with E-state index in [1.54, 1.807) is 18.5 Å². The minimum Gasteiger partial charge on any atom is -0.396 e. The van der Waals surface area contributed by atoms with Crippen molar-refractivity contribution in [2.75, 3.05) is 11.9 Å². The van der Waals surface area contributed by atoms with Crippen molar-refractivity contribution in [3.8, 4) is 11.4 Å². The van der Waals surface area contributed by atoms with Crippen LogP contribution in [0.25, 0.3) is 11.4 Å². The minimum absolute atomic E-state index is 0.00390. The first-order chi connectivity index (χ1) is 12.2. The Morgan fingerprint density at radius 1 is 1.28 bits per heavy atom. The van der Waals surface area contributed by atoms with Gasteiger partial charge in [-0.05, 0) is 25.0 Å². The summed E-state index contributed by atoms with van der Waals surface area (Å²) in [5, 5.41) is 14.8. The smallest absolute Gasteiger partial charge is 0.315 e. The number of carbonyl (C=O) groups excluding carboxylic acids is 2. The molecule has 1 saturated carbocycles. The predicted octanol–water partition coefficient (Wildman–Crippen LogP) is 1.21. The Bertz CT molecular complexity index is 736. The van der Waals surface area contributed by atoms with Crippen molar-refractivity contribution in [2.45, 2.75) is 31.7 Å². The first-order valence-electron chi connectivity index (χ1n) is 8.14. The third-order valence-electron chi connectivity index (χ3n) is 4.23. The van der Waals surface area contributed by atoms with Gasteiger partial charge in [0.2, 0.25) is 5.13 Å². The summed E-state index contributed by atoms with van der Waals surface area (Å²) in [4.78, 5) is 32.4. The number of aliphatic hydroxyl groups is 1. The molecule has 3 rings (SSSR count). The predicted molar refractivity (Wildman–Crippen MR) is 92.7 cm³/mol. The number of hydrogen-bond donors (Lipinski definition) is 3. The highest BCUT2D eigenvalue weighted by Gasteiger charge is 2.28. The molecule has 3 N–H and O–H groups in total. The Labute approximate surface area is 148 Å². The molecule has 0 spiro atoms. The average molecular weight is 361 g/mol. The van der Waals surface area contributed by atoms with E-state index in [1.165, 1.54) is 0 Å². The van der Waals surface area contributed by atoms with Crippen LogP contribution in [0.5, 0.6) is 0 Å². The number of anilines is 1. The monoisotopic (exact) mass is 361 g/mol. The Morgan fingerprint density at radius 2 is 2.12 bits per heavy atom. The van der Waals surface area contributed by atoms with E-state index in [0.29, 0.717) is 5.82 Å². The lowest BCUT2D eigenvalue weighted by Crippen LogP contribution is -2.47. The van der Waals surface area contributed by atoms with Crippen LogP contribution in [0.4, 0.5) is 5.13 Å². The van der Waals surface area contributed by atoms with Crippen molar-refractivity contribution >= 4 is 28.5 Å². The van der Waals surface area contributed by atoms with Gasteiger partial charge in [0.15, 0.2) is 5.82 Å². The van der Waals surface area contributed by atoms with Crippen molar-refractivity contribution in [1.29, 1.82) is 0 Å². The number of amides is 2. The van der Waals surface area contributed by atoms with E-state index in [9.17, 15) is 14.7 Å². The molecule has 0 radical (unpaired) electrons. The number of rotatable bonds is 4. The second kappa shape index (κ2) is 8.13. The van der Waals surface area contributed by atoms with Crippen LogP contribution in [0.15, 0.2) is 24.5 Å². The zero-order valence-corrected chi connectivity index (χ0v) is 14.3. The van der Waals surface area contributed by atoms with E-state index in [4.69, 9.17) is 0 Å². The third-order valence-corrected chi connectivity index (χ3v) is 4.86. The van der Waals surface area contributed by atoms with Gasteiger partial charge in [-0.1, -0.05) is 12.8 Å². The number of pyridine rings is 1. The number of carbonyl (C=O) groups is 2. The molecule has 0 aliphatic heterocycles. The molecule has 8 nitrogen and oxygen atoms in total. The van der Waals surface area contributed by atoms with Crippen LogP contribution in [0.3, 0.4) is 0 Å². The molecule has 132 valence electrons. The molecule has 25 heavy (non-hydrogen) atoms. The molecule has 0 saturated heterocycles. The average Bonchev–Trinajstić information content (AvgIpc) is 3.11. The highest BCUT2D eigenvalue weighted by atomic mass is 32.1. The highest BCUT2D eigenvalue weighted by Crippen LogP contribution is 2.24. The maximum Gasteiger partial charge on any atom is 0.315 e. The first-order valence-corrected chi connectivity index (χ1v) is 8.91. The molecular weight excluding hydrogens is 342 g/mol. The van der Waals surface area contributed by atoms with Crippen molar-refractivity contribution in [3.63, 3.8) is 0 Å². The van der Waals surface area contributed by atoms with E-state index in [2.05, 4.69) is 25.0 Å². The first kappa shape index (κ1) is 17.4. The van der Waals surface area contributed by atoms with Gasteiger partial charge >= 0.3 is 11.8 Å². The molecule has 2 aromatic rings. The molecule has 0 unspecified atom stereocenters. The lowest BCUT2D eigenvalue weighted by Gasteiger charge is -2.30. The van der Waals surface area contributed by atoms with Crippen LogP contribution in [0.2, 0.25) is 0 Å². The van der Waals surface area contributed by atoms with Gasteiger partial charge in [-0.15, -0.1) is 0 Å². The second-order valence-corrected chi connectivity index (χ2v) is 6.68. The number of hydrogen-bond acceptors (Lipinski definition) is 7. The molecule has 0 bridgehead atoms. The Kier molecular flexibility index (Phi) is 5.67. The SMILES string of the molecule is O=C(Nc1nc(-c2cccnc2)ns1)C(=O)N[C@@H]1CCCC[C@@H]1CO. The molecule has 2 atom stereocenters. The topological polar surface area (TPSA) is 117 Å². The molecule has 1 fully saturated rings. The van der Waals surface area contributed by atoms with Gasteiger partial charge in [-0.25, -0.2) is 0 Å². The highest BCUT2D eigenvalue weighted by molar-refractivity contribution is 7.10. The summed E-state index contributed by atoms with van der Waals surface area (Å²) in [5.74, 6) is -1.05. The molecule has 1 aliphatic carbocycles. The molecule has 0 aromatic carbocycles. The van der Waals surface area contributed by atoms with Gasteiger partial charge in [0.05, 0.1) is 0 Å². The Balaban J connectivity index is 1.58. The third kappa shape index (κ3) is 4.37. The summed E-state index contributed by atoms with van der Waals surface area (Å²) in [6.07, 6.45) is 6.91. The molecule has 1 aliphatic rings. The van der Waals surface area contributed by atoms with E-state index >= 15 is 0 Å². The van der Waals surface area contributed by atoms with Crippen LogP contribution in [0, 0.1) is 5.92 Å². The standard InChI is InChI=1S/C16H19N5O3S/c22-9-11-4-1-2-6-12(11)18-14(23)15(24)20-16-19-13(21-25-16)10-5-3-7-17-8-10/h3,5,7-8,11-12,22H,1-2,4,6,9H2,(H,18,23)(H,19,20,21,24)/t11-,12-/m1/s1. The van der Waals surface area contributed by atoms with Crippen molar-refractivity contribution < 1.29 is 14.7 Å². The zero-order chi connectivity index (χ0) is 17.6. The Morgan fingerprint density at radius 3 is 2.88 bits per heavy atom.